The van der Waals surface area contributed by atoms with Gasteiger partial charge in [-0.05, 0) is 136 Å². The Morgan fingerprint density at radius 3 is 1.01 bits per heavy atom. The predicted molar refractivity (Wildman–Crippen MR) is 339 cm³/mol. The Labute approximate surface area is 510 Å². The third-order valence-electron chi connectivity index (χ3n) is 16.9. The molecule has 4 aliphatic rings. The molecule has 0 atom stereocenters. The third-order valence-corrected chi connectivity index (χ3v) is 18.2. The molecule has 0 radical (unpaired) electrons. The van der Waals surface area contributed by atoms with E-state index in [4.69, 9.17) is 9.94 Å². The van der Waals surface area contributed by atoms with Gasteiger partial charge in [-0.2, -0.15) is 5.26 Å². The van der Waals surface area contributed by atoms with Crippen LogP contribution in [-0.4, -0.2) is 34.8 Å². The van der Waals surface area contributed by atoms with Crippen molar-refractivity contribution in [3.8, 4) is 6.07 Å². The van der Waals surface area contributed by atoms with Gasteiger partial charge < -0.3 is 9.84 Å². The van der Waals surface area contributed by atoms with Gasteiger partial charge in [0.25, 0.3) is 5.91 Å². The molecule has 8 nitrogen and oxygen atoms in total. The molecular formula is C74H68Br2N2O6. The number of nitrogens with zero attached hydrogens (tertiary/aromatic N) is 1. The lowest BCUT2D eigenvalue weighted by Gasteiger charge is -2.27. The van der Waals surface area contributed by atoms with Crippen molar-refractivity contribution in [3.05, 3.63) is 321 Å². The Morgan fingerprint density at radius 2 is 0.702 bits per heavy atom. The largest absolute Gasteiger partial charge is 0.481 e. The highest BCUT2D eigenvalue weighted by Crippen LogP contribution is 2.44. The molecule has 84 heavy (non-hydrogen) atoms. The topological polar surface area (TPSA) is 137 Å². The van der Waals surface area contributed by atoms with E-state index >= 15 is 0 Å². The molecule has 1 amide bonds. The number of benzene rings is 9. The molecule has 0 unspecified atom stereocenters. The quantitative estimate of drug-likeness (QED) is 0.0537. The average molecular weight is 1240 g/mol. The van der Waals surface area contributed by atoms with Gasteiger partial charge in [0.05, 0.1) is 23.5 Å². The lowest BCUT2D eigenvalue weighted by atomic mass is 9.77. The summed E-state index contributed by atoms with van der Waals surface area (Å²) in [6, 6.07) is 83.0. The zero-order valence-electron chi connectivity index (χ0n) is 47.1. The van der Waals surface area contributed by atoms with Crippen LogP contribution in [0.2, 0.25) is 0 Å². The van der Waals surface area contributed by atoms with Crippen LogP contribution in [0, 0.1) is 11.3 Å². The van der Waals surface area contributed by atoms with E-state index in [0.717, 1.165) is 69.7 Å². The molecule has 4 aliphatic carbocycles. The van der Waals surface area contributed by atoms with Crippen LogP contribution in [0.15, 0.2) is 243 Å². The summed E-state index contributed by atoms with van der Waals surface area (Å²) < 4.78 is 5.38. The number of nitriles is 1. The SMILES string of the molecule is BrCc1ccccc1CBr.CCOC(=O)C1(c2ccccc2)Cc2ccccc2C1.N#CC1(c2ccccc2)Cc2ccccc2C1.O=C(NO)C1(c2ccccc2)Cc2ccccc2C1.O=C(O)C1(c2ccccc2)Cc2ccccc2C1. The van der Waals surface area contributed by atoms with Crippen molar-refractivity contribution in [2.75, 3.05) is 6.61 Å². The smallest absolute Gasteiger partial charge is 0.317 e. The molecule has 0 saturated carbocycles. The maximum Gasteiger partial charge on any atom is 0.317 e. The molecule has 9 aromatic rings. The van der Waals surface area contributed by atoms with Crippen LogP contribution < -0.4 is 5.48 Å². The van der Waals surface area contributed by atoms with Gasteiger partial charge in [0.1, 0.15) is 10.8 Å². The molecule has 10 heteroatoms. The standard InChI is InChI=1S/C18H18O2.C16H15NO2.C16H13N.C16H14O2.C8H8Br2/c1-2-20-17(19)18(16-10-4-3-5-11-16)12-14-8-6-7-9-15(14)13-18;18-15(17-19)16(14-8-2-1-3-9-14)10-12-6-4-5-7-13(12)11-16;17-12-16(15-8-2-1-3-9-15)10-13-6-4-5-7-14(13)11-16;17-15(18)16(14-8-2-1-3-9-14)10-12-6-4-5-7-13(12)11-16;9-5-7-3-1-2-4-8(7)6-10/h3-11H,2,12-13H2,1H3;1-9,19H,10-11H2,(H,17,18);1-9H,10-11H2;1-9H,10-11H2,(H,17,18);1-4H,5-6H2. The molecule has 424 valence electrons. The van der Waals surface area contributed by atoms with Crippen LogP contribution in [-0.2, 0) is 103 Å². The lowest BCUT2D eigenvalue weighted by Crippen LogP contribution is -2.44. The molecule has 0 aromatic heterocycles. The Balaban J connectivity index is 0.000000128. The Hall–Kier alpha value is -8.20. The highest BCUT2D eigenvalue weighted by atomic mass is 79.9. The number of alkyl halides is 2. The predicted octanol–water partition coefficient (Wildman–Crippen LogP) is 15.0. The number of ether oxygens (including phenoxy) is 1. The van der Waals surface area contributed by atoms with Gasteiger partial charge in [0, 0.05) is 10.7 Å². The van der Waals surface area contributed by atoms with Gasteiger partial charge in [-0.15, -0.1) is 0 Å². The maximum atomic E-state index is 12.6. The van der Waals surface area contributed by atoms with Crippen molar-refractivity contribution in [3.63, 3.8) is 0 Å². The first-order valence-corrected chi connectivity index (χ1v) is 30.7. The number of fused-ring (bicyclic) bond motifs is 4. The van der Waals surface area contributed by atoms with Gasteiger partial charge in [0.2, 0.25) is 0 Å². The van der Waals surface area contributed by atoms with Crippen LogP contribution in [0.1, 0.15) is 84.8 Å². The summed E-state index contributed by atoms with van der Waals surface area (Å²) in [5.41, 5.74) is 16.0. The van der Waals surface area contributed by atoms with E-state index < -0.39 is 22.2 Å². The van der Waals surface area contributed by atoms with Crippen molar-refractivity contribution in [2.24, 2.45) is 0 Å². The summed E-state index contributed by atoms with van der Waals surface area (Å²) in [6.45, 7) is 2.28. The second-order valence-electron chi connectivity index (χ2n) is 21.9. The summed E-state index contributed by atoms with van der Waals surface area (Å²) >= 11 is 6.86. The summed E-state index contributed by atoms with van der Waals surface area (Å²) in [6.07, 6.45) is 5.55. The summed E-state index contributed by atoms with van der Waals surface area (Å²) in [5, 5.41) is 30.3. The third kappa shape index (κ3) is 13.1. The molecule has 0 heterocycles. The Kier molecular flexibility index (Phi) is 20.1. The first kappa shape index (κ1) is 60.4. The number of aliphatic carboxylic acids is 1. The zero-order chi connectivity index (χ0) is 59.0. The average Bonchev–Trinajstić information content (AvgIpc) is 4.42. The van der Waals surface area contributed by atoms with E-state index in [1.165, 1.54) is 44.5 Å². The van der Waals surface area contributed by atoms with E-state index in [-0.39, 0.29) is 17.3 Å². The number of carbonyl (C=O) groups is 3. The maximum absolute atomic E-state index is 12.6. The molecule has 0 spiro atoms. The van der Waals surface area contributed by atoms with Crippen molar-refractivity contribution >= 4 is 49.7 Å². The van der Waals surface area contributed by atoms with Crippen LogP contribution in [0.4, 0.5) is 0 Å². The normalized spacial score (nSPS) is 15.2. The second kappa shape index (κ2) is 27.9. The summed E-state index contributed by atoms with van der Waals surface area (Å²) in [4.78, 5) is 36.7. The van der Waals surface area contributed by atoms with Crippen LogP contribution in [0.25, 0.3) is 0 Å². The Morgan fingerprint density at radius 1 is 0.429 bits per heavy atom. The number of carboxylic acid groups (broad SMARTS) is 1. The van der Waals surface area contributed by atoms with Crippen molar-refractivity contribution < 1.29 is 29.4 Å². The fourth-order valence-corrected chi connectivity index (χ4v) is 13.6. The van der Waals surface area contributed by atoms with Gasteiger partial charge in [-0.25, -0.2) is 5.48 Å². The zero-order valence-corrected chi connectivity index (χ0v) is 50.3. The van der Waals surface area contributed by atoms with E-state index in [1.807, 2.05) is 182 Å². The molecule has 0 aliphatic heterocycles. The number of nitrogens with one attached hydrogen (secondary N) is 1. The first-order valence-electron chi connectivity index (χ1n) is 28.4. The number of carbonyl (C=O) groups excluding carboxylic acids is 2. The van der Waals surface area contributed by atoms with Crippen molar-refractivity contribution in [1.29, 1.82) is 5.26 Å². The number of carboxylic acids is 1. The molecular weight excluding hydrogens is 1170 g/mol. The molecule has 0 bridgehead atoms. The van der Waals surface area contributed by atoms with Crippen molar-refractivity contribution in [2.45, 2.75) is 90.6 Å². The molecule has 13 rings (SSSR count). The number of esters is 1. The fraction of sp³-hybridized carbons (Fsp3) is 0.216. The highest BCUT2D eigenvalue weighted by molar-refractivity contribution is 9.09. The van der Waals surface area contributed by atoms with Gasteiger partial charge in [-0.3, -0.25) is 19.6 Å². The van der Waals surface area contributed by atoms with E-state index in [1.54, 1.807) is 0 Å². The summed E-state index contributed by atoms with van der Waals surface area (Å²) in [7, 11) is 0. The monoisotopic (exact) mass is 1240 g/mol. The van der Waals surface area contributed by atoms with Crippen molar-refractivity contribution in [1.82, 2.24) is 5.48 Å². The number of amides is 1. The van der Waals surface area contributed by atoms with E-state index in [2.05, 4.69) is 111 Å². The summed E-state index contributed by atoms with van der Waals surface area (Å²) in [5.74, 6) is -1.18. The minimum Gasteiger partial charge on any atom is -0.481 e. The molecule has 0 fully saturated rings. The molecule has 3 N–H and O–H groups in total. The number of hydrogen-bond acceptors (Lipinski definition) is 6. The van der Waals surface area contributed by atoms with Gasteiger partial charge in [-0.1, -0.05) is 275 Å². The molecule has 0 saturated heterocycles. The number of halogens is 2. The first-order chi connectivity index (χ1) is 41.0. The second-order valence-corrected chi connectivity index (χ2v) is 23.0. The van der Waals surface area contributed by atoms with Crippen LogP contribution >= 0.6 is 31.9 Å². The van der Waals surface area contributed by atoms with Gasteiger partial charge >= 0.3 is 11.9 Å². The van der Waals surface area contributed by atoms with Crippen LogP contribution in [0.5, 0.6) is 0 Å². The minimum atomic E-state index is -0.787. The Bertz CT molecular complexity index is 3590. The van der Waals surface area contributed by atoms with Crippen LogP contribution in [0.3, 0.4) is 0 Å². The number of hydrogen-bond donors (Lipinski definition) is 3. The lowest BCUT2D eigenvalue weighted by molar-refractivity contribution is -0.150. The highest BCUT2D eigenvalue weighted by Gasteiger charge is 2.48. The fourth-order valence-electron chi connectivity index (χ4n) is 12.5. The molecule has 9 aromatic carbocycles. The minimum absolute atomic E-state index is 0.109. The van der Waals surface area contributed by atoms with E-state index in [9.17, 15) is 24.8 Å². The van der Waals surface area contributed by atoms with Gasteiger partial charge in [0.15, 0.2) is 0 Å². The number of rotatable bonds is 10. The van der Waals surface area contributed by atoms with E-state index in [0.29, 0.717) is 32.3 Å². The number of hydroxylamine groups is 1.